The first-order valence-corrected chi connectivity index (χ1v) is 7.41. The standard InChI is InChI=1S/C13H17N3O2S/c1-10(19(2)18)8-16-13(17)12-5-7-15-9-11(12)4-3-6-14/h5,7,9-10H,6,8,14H2,1-2H3,(H,16,17). The van der Waals surface area contributed by atoms with Crippen molar-refractivity contribution < 1.29 is 9.00 Å². The number of carbonyl (C=O) groups excluding carboxylic acids is 1. The number of rotatable bonds is 4. The second kappa shape index (κ2) is 7.67. The average molecular weight is 279 g/mol. The van der Waals surface area contributed by atoms with Crippen LogP contribution < -0.4 is 11.1 Å². The van der Waals surface area contributed by atoms with E-state index in [9.17, 15) is 9.00 Å². The van der Waals surface area contributed by atoms with Crippen molar-refractivity contribution in [1.82, 2.24) is 10.3 Å². The number of aromatic nitrogens is 1. The largest absolute Gasteiger partial charge is 0.351 e. The number of amides is 1. The van der Waals surface area contributed by atoms with Crippen molar-refractivity contribution in [2.24, 2.45) is 5.73 Å². The molecule has 2 atom stereocenters. The summed E-state index contributed by atoms with van der Waals surface area (Å²) in [6.07, 6.45) is 4.67. The fourth-order valence-electron chi connectivity index (χ4n) is 1.29. The zero-order valence-corrected chi connectivity index (χ0v) is 11.8. The molecule has 0 fully saturated rings. The quantitative estimate of drug-likeness (QED) is 0.753. The number of nitrogens with two attached hydrogens (primary N) is 1. The molecule has 1 amide bonds. The number of hydrogen-bond acceptors (Lipinski definition) is 4. The second-order valence-corrected chi connectivity index (χ2v) is 5.75. The van der Waals surface area contributed by atoms with Gasteiger partial charge in [0, 0.05) is 41.2 Å². The normalized spacial score (nSPS) is 13.0. The van der Waals surface area contributed by atoms with Gasteiger partial charge in [-0.25, -0.2) is 0 Å². The highest BCUT2D eigenvalue weighted by Gasteiger charge is 2.12. The Morgan fingerprint density at radius 1 is 1.63 bits per heavy atom. The van der Waals surface area contributed by atoms with Crippen LogP contribution in [0.3, 0.4) is 0 Å². The fraction of sp³-hybridized carbons (Fsp3) is 0.385. The lowest BCUT2D eigenvalue weighted by Gasteiger charge is -2.10. The van der Waals surface area contributed by atoms with Gasteiger partial charge in [-0.1, -0.05) is 11.8 Å². The maximum absolute atomic E-state index is 12.0. The molecule has 0 aliphatic heterocycles. The Labute approximate surface area is 115 Å². The fourth-order valence-corrected chi connectivity index (χ4v) is 1.61. The lowest BCUT2D eigenvalue weighted by molar-refractivity contribution is 0.0953. The molecule has 0 saturated heterocycles. The van der Waals surface area contributed by atoms with Gasteiger partial charge in [-0.3, -0.25) is 14.0 Å². The highest BCUT2D eigenvalue weighted by molar-refractivity contribution is 7.84. The van der Waals surface area contributed by atoms with E-state index >= 15 is 0 Å². The first-order valence-electron chi connectivity index (χ1n) is 5.79. The topological polar surface area (TPSA) is 85.1 Å². The Balaban J connectivity index is 2.79. The molecular weight excluding hydrogens is 262 g/mol. The van der Waals surface area contributed by atoms with Crippen molar-refractivity contribution in [3.63, 3.8) is 0 Å². The molecule has 0 aliphatic carbocycles. The Morgan fingerprint density at radius 3 is 3.00 bits per heavy atom. The van der Waals surface area contributed by atoms with E-state index in [0.717, 1.165) is 0 Å². The lowest BCUT2D eigenvalue weighted by Crippen LogP contribution is -2.33. The van der Waals surface area contributed by atoms with Crippen LogP contribution in [-0.2, 0) is 10.8 Å². The summed E-state index contributed by atoms with van der Waals surface area (Å²) in [5.74, 6) is 5.25. The van der Waals surface area contributed by atoms with Crippen LogP contribution in [0.4, 0.5) is 0 Å². The highest BCUT2D eigenvalue weighted by Crippen LogP contribution is 2.05. The predicted molar refractivity (Wildman–Crippen MR) is 76.0 cm³/mol. The molecule has 0 spiro atoms. The first kappa shape index (κ1) is 15.3. The average Bonchev–Trinajstić information content (AvgIpc) is 2.42. The zero-order chi connectivity index (χ0) is 14.3. The van der Waals surface area contributed by atoms with Crippen LogP contribution >= 0.6 is 0 Å². The summed E-state index contributed by atoms with van der Waals surface area (Å²) in [4.78, 5) is 16.0. The molecule has 1 aromatic rings. The molecule has 5 nitrogen and oxygen atoms in total. The van der Waals surface area contributed by atoms with E-state index in [0.29, 0.717) is 17.7 Å². The summed E-state index contributed by atoms with van der Waals surface area (Å²) in [7, 11) is -0.965. The SMILES string of the molecule is CC(CNC(=O)c1ccncc1C#CCN)S(C)=O. The summed E-state index contributed by atoms with van der Waals surface area (Å²) in [5.41, 5.74) is 6.29. The summed E-state index contributed by atoms with van der Waals surface area (Å²) in [5, 5.41) is 2.64. The van der Waals surface area contributed by atoms with Crippen molar-refractivity contribution in [3.05, 3.63) is 29.6 Å². The van der Waals surface area contributed by atoms with Gasteiger partial charge in [-0.15, -0.1) is 0 Å². The second-order valence-electron chi connectivity index (χ2n) is 3.95. The lowest BCUT2D eigenvalue weighted by atomic mass is 10.1. The molecule has 19 heavy (non-hydrogen) atoms. The maximum atomic E-state index is 12.0. The molecule has 1 aromatic heterocycles. The van der Waals surface area contributed by atoms with E-state index in [1.54, 1.807) is 12.3 Å². The number of nitrogens with zero attached hydrogens (tertiary/aromatic N) is 1. The van der Waals surface area contributed by atoms with Crippen LogP contribution in [0.25, 0.3) is 0 Å². The van der Waals surface area contributed by atoms with E-state index in [1.165, 1.54) is 12.4 Å². The minimum Gasteiger partial charge on any atom is -0.351 e. The summed E-state index contributed by atoms with van der Waals surface area (Å²) in [6.45, 7) is 2.40. The maximum Gasteiger partial charge on any atom is 0.252 e. The molecule has 0 aromatic carbocycles. The molecule has 2 unspecified atom stereocenters. The van der Waals surface area contributed by atoms with Crippen LogP contribution in [-0.4, -0.2) is 39.7 Å². The van der Waals surface area contributed by atoms with Gasteiger partial charge in [-0.05, 0) is 13.0 Å². The molecule has 0 bridgehead atoms. The summed E-state index contributed by atoms with van der Waals surface area (Å²) < 4.78 is 11.2. The van der Waals surface area contributed by atoms with E-state index < -0.39 is 10.8 Å². The van der Waals surface area contributed by atoms with Gasteiger partial charge >= 0.3 is 0 Å². The Morgan fingerprint density at radius 2 is 2.37 bits per heavy atom. The number of pyridine rings is 1. The van der Waals surface area contributed by atoms with Gasteiger partial charge < -0.3 is 11.1 Å². The van der Waals surface area contributed by atoms with Gasteiger partial charge in [0.05, 0.1) is 17.7 Å². The zero-order valence-electron chi connectivity index (χ0n) is 11.0. The molecule has 6 heteroatoms. The van der Waals surface area contributed by atoms with Gasteiger partial charge in [0.1, 0.15) is 0 Å². The van der Waals surface area contributed by atoms with Gasteiger partial charge in [0.2, 0.25) is 0 Å². The van der Waals surface area contributed by atoms with E-state index in [1.807, 2.05) is 6.92 Å². The number of nitrogens with one attached hydrogen (secondary N) is 1. The molecule has 1 rings (SSSR count). The van der Waals surface area contributed by atoms with Crippen LogP contribution in [0.2, 0.25) is 0 Å². The van der Waals surface area contributed by atoms with Crippen molar-refractivity contribution in [1.29, 1.82) is 0 Å². The predicted octanol–water partition coefficient (Wildman–Crippen LogP) is -0.111. The van der Waals surface area contributed by atoms with Crippen molar-refractivity contribution in [2.75, 3.05) is 19.3 Å². The summed E-state index contributed by atoms with van der Waals surface area (Å²) in [6, 6.07) is 1.60. The molecule has 102 valence electrons. The Hall–Kier alpha value is -1.71. The number of carbonyl (C=O) groups is 1. The molecule has 1 heterocycles. The number of hydrogen-bond donors (Lipinski definition) is 2. The van der Waals surface area contributed by atoms with Crippen molar-refractivity contribution in [2.45, 2.75) is 12.2 Å². The van der Waals surface area contributed by atoms with Gasteiger partial charge in [0.25, 0.3) is 5.91 Å². The molecule has 0 saturated carbocycles. The van der Waals surface area contributed by atoms with Crippen LogP contribution in [0, 0.1) is 11.8 Å². The monoisotopic (exact) mass is 279 g/mol. The molecule has 0 aliphatic rings. The van der Waals surface area contributed by atoms with Crippen molar-refractivity contribution >= 4 is 16.7 Å². The van der Waals surface area contributed by atoms with Crippen molar-refractivity contribution in [3.8, 4) is 11.8 Å². The minimum atomic E-state index is -0.965. The third-order valence-corrected chi connectivity index (χ3v) is 3.81. The molecule has 0 radical (unpaired) electrons. The highest BCUT2D eigenvalue weighted by atomic mass is 32.2. The third-order valence-electron chi connectivity index (χ3n) is 2.51. The van der Waals surface area contributed by atoms with Gasteiger partial charge in [0.15, 0.2) is 0 Å². The van der Waals surface area contributed by atoms with Crippen LogP contribution in [0.1, 0.15) is 22.8 Å². The molecule has 3 N–H and O–H groups in total. The van der Waals surface area contributed by atoms with E-state index in [4.69, 9.17) is 5.73 Å². The first-order chi connectivity index (χ1) is 9.06. The summed E-state index contributed by atoms with van der Waals surface area (Å²) >= 11 is 0. The Bertz CT molecular complexity index is 534. The van der Waals surface area contributed by atoms with Crippen LogP contribution in [0.5, 0.6) is 0 Å². The minimum absolute atomic E-state index is 0.0932. The van der Waals surface area contributed by atoms with E-state index in [-0.39, 0.29) is 17.7 Å². The van der Waals surface area contributed by atoms with Crippen LogP contribution in [0.15, 0.2) is 18.5 Å². The molecular formula is C13H17N3O2S. The Kier molecular flexibility index (Phi) is 6.19. The third kappa shape index (κ3) is 4.81. The smallest absolute Gasteiger partial charge is 0.252 e. The van der Waals surface area contributed by atoms with Gasteiger partial charge in [-0.2, -0.15) is 0 Å². The van der Waals surface area contributed by atoms with E-state index in [2.05, 4.69) is 22.1 Å².